The number of fused-ring (bicyclic) bond motifs is 2. The zero-order valence-electron chi connectivity index (χ0n) is 11.3. The van der Waals surface area contributed by atoms with Crippen molar-refractivity contribution in [2.75, 3.05) is 5.73 Å². The first-order valence-electron chi connectivity index (χ1n) is 6.56. The van der Waals surface area contributed by atoms with Crippen molar-refractivity contribution in [3.63, 3.8) is 0 Å². The van der Waals surface area contributed by atoms with Gasteiger partial charge in [0.15, 0.2) is 0 Å². The molecule has 0 saturated heterocycles. The van der Waals surface area contributed by atoms with Crippen molar-refractivity contribution in [2.45, 2.75) is 6.67 Å². The fourth-order valence-corrected chi connectivity index (χ4v) is 3.41. The highest BCUT2D eigenvalue weighted by Gasteiger charge is 2.12. The number of nitrogen functional groups attached to an aromatic ring is 1. The molecule has 7 nitrogen and oxygen atoms in total. The number of rotatable bonds is 2. The number of H-pyrrole nitrogens is 1. The number of anilines is 1. The fraction of sp³-hybridized carbons (Fsp3) is 0.0714. The number of aromatic amines is 1. The van der Waals surface area contributed by atoms with Gasteiger partial charge in [0.2, 0.25) is 5.95 Å². The Balaban J connectivity index is 1.97. The summed E-state index contributed by atoms with van der Waals surface area (Å²) in [6.45, 7) is 0.193. The quantitative estimate of drug-likeness (QED) is 0.580. The summed E-state index contributed by atoms with van der Waals surface area (Å²) in [7, 11) is 0. The van der Waals surface area contributed by atoms with E-state index in [1.165, 1.54) is 15.9 Å². The summed E-state index contributed by atoms with van der Waals surface area (Å²) in [4.78, 5) is 31.2. The summed E-state index contributed by atoms with van der Waals surface area (Å²) in [5.74, 6) is 0.323. The molecular weight excluding hydrogens is 302 g/mol. The molecule has 22 heavy (non-hydrogen) atoms. The summed E-state index contributed by atoms with van der Waals surface area (Å²) in [6, 6.07) is 9.21. The molecule has 0 aliphatic heterocycles. The lowest BCUT2D eigenvalue weighted by atomic mass is 10.3. The molecule has 3 heterocycles. The highest BCUT2D eigenvalue weighted by atomic mass is 32.1. The van der Waals surface area contributed by atoms with Crippen LogP contribution < -0.4 is 17.0 Å². The van der Waals surface area contributed by atoms with Gasteiger partial charge in [-0.05, 0) is 23.6 Å². The number of thiophene rings is 1. The standard InChI is InChI=1S/C14H11N5O2S/c15-13-16-9-3-1-2-4-10(9)18(13)7-19-12-8(5-6-22-12)11(20)17-14(19)21/h1-6H,7H2,(H2,15,16)(H,17,20,21). The van der Waals surface area contributed by atoms with Crippen LogP contribution in [0.1, 0.15) is 0 Å². The van der Waals surface area contributed by atoms with Crippen molar-refractivity contribution in [2.24, 2.45) is 0 Å². The Labute approximate surface area is 127 Å². The molecule has 0 spiro atoms. The fourth-order valence-electron chi connectivity index (χ4n) is 2.52. The van der Waals surface area contributed by atoms with E-state index < -0.39 is 5.69 Å². The predicted octanol–water partition coefficient (Wildman–Crippen LogP) is 1.19. The van der Waals surface area contributed by atoms with Crippen LogP contribution in [0.4, 0.5) is 5.95 Å². The van der Waals surface area contributed by atoms with E-state index in [4.69, 9.17) is 5.73 Å². The Kier molecular flexibility index (Phi) is 2.67. The van der Waals surface area contributed by atoms with Crippen molar-refractivity contribution >= 4 is 38.5 Å². The van der Waals surface area contributed by atoms with Crippen LogP contribution in [-0.4, -0.2) is 19.1 Å². The van der Waals surface area contributed by atoms with Crippen LogP contribution in [0.2, 0.25) is 0 Å². The SMILES string of the molecule is Nc1nc2ccccc2n1Cn1c(=O)[nH]c(=O)c2ccsc21. The lowest BCUT2D eigenvalue weighted by Gasteiger charge is -2.10. The van der Waals surface area contributed by atoms with Crippen LogP contribution >= 0.6 is 11.3 Å². The average molecular weight is 313 g/mol. The van der Waals surface area contributed by atoms with E-state index in [0.29, 0.717) is 16.2 Å². The summed E-state index contributed by atoms with van der Waals surface area (Å²) >= 11 is 1.34. The highest BCUT2D eigenvalue weighted by molar-refractivity contribution is 7.16. The molecule has 0 radical (unpaired) electrons. The number of hydrogen-bond acceptors (Lipinski definition) is 5. The van der Waals surface area contributed by atoms with Gasteiger partial charge in [-0.3, -0.25) is 18.9 Å². The number of nitrogens with two attached hydrogens (primary N) is 1. The predicted molar refractivity (Wildman–Crippen MR) is 86.2 cm³/mol. The van der Waals surface area contributed by atoms with Crippen LogP contribution in [0.5, 0.6) is 0 Å². The number of hydrogen-bond donors (Lipinski definition) is 2. The van der Waals surface area contributed by atoms with Gasteiger partial charge in [-0.1, -0.05) is 12.1 Å². The Morgan fingerprint density at radius 3 is 2.86 bits per heavy atom. The average Bonchev–Trinajstić information content (AvgIpc) is 3.08. The van der Waals surface area contributed by atoms with E-state index in [-0.39, 0.29) is 12.2 Å². The third-order valence-electron chi connectivity index (χ3n) is 3.57. The van der Waals surface area contributed by atoms with E-state index in [1.807, 2.05) is 24.3 Å². The molecule has 4 aromatic rings. The van der Waals surface area contributed by atoms with Crippen LogP contribution in [0.25, 0.3) is 21.3 Å². The van der Waals surface area contributed by atoms with Crippen molar-refractivity contribution in [3.8, 4) is 0 Å². The van der Waals surface area contributed by atoms with Gasteiger partial charge in [-0.2, -0.15) is 0 Å². The number of benzene rings is 1. The highest BCUT2D eigenvalue weighted by Crippen LogP contribution is 2.20. The maximum Gasteiger partial charge on any atom is 0.330 e. The molecule has 0 unspecified atom stereocenters. The van der Waals surface area contributed by atoms with Crippen LogP contribution in [0.3, 0.4) is 0 Å². The van der Waals surface area contributed by atoms with Crippen molar-refractivity contribution in [3.05, 3.63) is 56.5 Å². The molecule has 0 amide bonds. The molecule has 0 atom stereocenters. The zero-order chi connectivity index (χ0) is 15.3. The van der Waals surface area contributed by atoms with Gasteiger partial charge in [0.25, 0.3) is 5.56 Å². The third-order valence-corrected chi connectivity index (χ3v) is 4.50. The van der Waals surface area contributed by atoms with Crippen molar-refractivity contribution in [1.82, 2.24) is 19.1 Å². The summed E-state index contributed by atoms with van der Waals surface area (Å²) < 4.78 is 3.24. The van der Waals surface area contributed by atoms with Gasteiger partial charge < -0.3 is 5.73 Å². The van der Waals surface area contributed by atoms with Crippen molar-refractivity contribution in [1.29, 1.82) is 0 Å². The molecule has 3 N–H and O–H groups in total. The minimum Gasteiger partial charge on any atom is -0.369 e. The van der Waals surface area contributed by atoms with E-state index in [1.54, 1.807) is 16.0 Å². The van der Waals surface area contributed by atoms with Crippen LogP contribution in [0.15, 0.2) is 45.3 Å². The second-order valence-corrected chi connectivity index (χ2v) is 5.75. The van der Waals surface area contributed by atoms with Gasteiger partial charge in [-0.25, -0.2) is 9.78 Å². The van der Waals surface area contributed by atoms with Crippen LogP contribution in [0, 0.1) is 0 Å². The molecule has 0 fully saturated rings. The van der Waals surface area contributed by atoms with E-state index >= 15 is 0 Å². The Bertz CT molecular complexity index is 1120. The summed E-state index contributed by atoms with van der Waals surface area (Å²) in [5.41, 5.74) is 6.73. The molecule has 0 bridgehead atoms. The van der Waals surface area contributed by atoms with E-state index in [2.05, 4.69) is 9.97 Å². The second kappa shape index (κ2) is 4.57. The van der Waals surface area contributed by atoms with Gasteiger partial charge >= 0.3 is 5.69 Å². The molecule has 8 heteroatoms. The first kappa shape index (κ1) is 12.8. The molecule has 0 aliphatic carbocycles. The maximum atomic E-state index is 12.2. The van der Waals surface area contributed by atoms with E-state index in [0.717, 1.165) is 11.0 Å². The lowest BCUT2D eigenvalue weighted by Crippen LogP contribution is -2.31. The first-order chi connectivity index (χ1) is 10.6. The number of nitrogens with one attached hydrogen (secondary N) is 1. The van der Waals surface area contributed by atoms with Crippen molar-refractivity contribution < 1.29 is 0 Å². The van der Waals surface area contributed by atoms with Gasteiger partial charge in [0.1, 0.15) is 11.5 Å². The Hall–Kier alpha value is -2.87. The first-order valence-corrected chi connectivity index (χ1v) is 7.44. The number of nitrogens with zero attached hydrogens (tertiary/aromatic N) is 3. The zero-order valence-corrected chi connectivity index (χ0v) is 12.1. The number of imidazole rings is 1. The molecule has 3 aromatic heterocycles. The Morgan fingerprint density at radius 2 is 2.00 bits per heavy atom. The van der Waals surface area contributed by atoms with Gasteiger partial charge in [0.05, 0.1) is 16.4 Å². The van der Waals surface area contributed by atoms with E-state index in [9.17, 15) is 9.59 Å². The topological polar surface area (TPSA) is 98.7 Å². The van der Waals surface area contributed by atoms with Gasteiger partial charge in [-0.15, -0.1) is 11.3 Å². The third kappa shape index (κ3) is 1.77. The minimum absolute atomic E-state index is 0.193. The lowest BCUT2D eigenvalue weighted by molar-refractivity contribution is 0.617. The molecule has 0 saturated carbocycles. The minimum atomic E-state index is -0.461. The molecular formula is C14H11N5O2S. The monoisotopic (exact) mass is 313 g/mol. The Morgan fingerprint density at radius 1 is 1.18 bits per heavy atom. The maximum absolute atomic E-state index is 12.2. The molecule has 0 aliphatic rings. The second-order valence-electron chi connectivity index (χ2n) is 4.85. The summed E-state index contributed by atoms with van der Waals surface area (Å²) in [6.07, 6.45) is 0. The van der Waals surface area contributed by atoms with Crippen LogP contribution in [-0.2, 0) is 6.67 Å². The normalized spacial score (nSPS) is 11.5. The van der Waals surface area contributed by atoms with Gasteiger partial charge in [0, 0.05) is 0 Å². The smallest absolute Gasteiger partial charge is 0.330 e. The molecule has 4 rings (SSSR count). The molecule has 110 valence electrons. The largest absolute Gasteiger partial charge is 0.369 e. The summed E-state index contributed by atoms with van der Waals surface area (Å²) in [5, 5.41) is 2.28. The number of para-hydroxylation sites is 2. The molecule has 1 aromatic carbocycles. The number of aromatic nitrogens is 4.